The molecule has 1 aromatic rings. The van der Waals surface area contributed by atoms with Crippen molar-refractivity contribution in [2.24, 2.45) is 0 Å². The van der Waals surface area contributed by atoms with Gasteiger partial charge in [0.05, 0.1) is 19.6 Å². The average molecular weight is 368 g/mol. The molecule has 0 aliphatic carbocycles. The van der Waals surface area contributed by atoms with Crippen LogP contribution in [0.5, 0.6) is 0 Å². The van der Waals surface area contributed by atoms with Gasteiger partial charge in [0, 0.05) is 0 Å². The van der Waals surface area contributed by atoms with Crippen LogP contribution >= 0.6 is 0 Å². The van der Waals surface area contributed by atoms with E-state index >= 15 is 0 Å². The molecular formula is C23H42ClN. The number of halogens is 1. The third-order valence-electron chi connectivity index (χ3n) is 5.19. The van der Waals surface area contributed by atoms with Crippen LogP contribution in [0.2, 0.25) is 0 Å². The van der Waals surface area contributed by atoms with Gasteiger partial charge in [-0.1, -0.05) is 70.2 Å². The summed E-state index contributed by atoms with van der Waals surface area (Å²) in [7, 11) is 0. The molecule has 1 N–H and O–H groups in total. The first-order valence-corrected chi connectivity index (χ1v) is 10.7. The summed E-state index contributed by atoms with van der Waals surface area (Å²) in [5, 5.41) is 0. The average Bonchev–Trinajstić information content (AvgIpc) is 2.58. The van der Waals surface area contributed by atoms with E-state index in [1.165, 1.54) is 95.8 Å². The third-order valence-corrected chi connectivity index (χ3v) is 5.19. The van der Waals surface area contributed by atoms with E-state index in [0.29, 0.717) is 0 Å². The van der Waals surface area contributed by atoms with E-state index in [0.717, 1.165) is 0 Å². The molecule has 0 aliphatic rings. The quantitative estimate of drug-likeness (QED) is 0.454. The smallest absolute Gasteiger partial charge is 0.0770 e. The number of nitrogens with one attached hydrogen (secondary N) is 1. The minimum absolute atomic E-state index is 0. The number of unbranched alkanes of at least 4 members (excludes halogenated alkanes) is 7. The molecule has 146 valence electrons. The lowest BCUT2D eigenvalue weighted by Gasteiger charge is -2.17. The maximum absolute atomic E-state index is 2.31. The molecule has 0 aromatic heterocycles. The Kier molecular flexibility index (Phi) is 16.6. The second-order valence-corrected chi connectivity index (χ2v) is 7.50. The van der Waals surface area contributed by atoms with Crippen LogP contribution < -0.4 is 17.3 Å². The van der Waals surface area contributed by atoms with Crippen LogP contribution in [-0.2, 0) is 6.42 Å². The van der Waals surface area contributed by atoms with Gasteiger partial charge in [-0.3, -0.25) is 0 Å². The highest BCUT2D eigenvalue weighted by Crippen LogP contribution is 2.13. The molecule has 0 unspecified atom stereocenters. The van der Waals surface area contributed by atoms with Crippen molar-refractivity contribution in [2.75, 3.05) is 19.6 Å². The summed E-state index contributed by atoms with van der Waals surface area (Å²) in [6, 6.07) is 8.84. The van der Waals surface area contributed by atoms with E-state index in [4.69, 9.17) is 0 Å². The Morgan fingerprint density at radius 1 is 0.680 bits per heavy atom. The van der Waals surface area contributed by atoms with Gasteiger partial charge in [-0.05, 0) is 56.6 Å². The van der Waals surface area contributed by atoms with Gasteiger partial charge in [-0.25, -0.2) is 0 Å². The van der Waals surface area contributed by atoms with Gasteiger partial charge in [0.1, 0.15) is 0 Å². The maximum atomic E-state index is 2.31. The number of quaternary nitrogens is 1. The summed E-state index contributed by atoms with van der Waals surface area (Å²) in [5.74, 6) is 0. The molecule has 2 heteroatoms. The highest BCUT2D eigenvalue weighted by atomic mass is 35.5. The van der Waals surface area contributed by atoms with Crippen molar-refractivity contribution in [3.63, 3.8) is 0 Å². The van der Waals surface area contributed by atoms with E-state index in [9.17, 15) is 0 Å². The fraction of sp³-hybridized carbons (Fsp3) is 0.739. The zero-order chi connectivity index (χ0) is 17.5. The predicted molar refractivity (Wildman–Crippen MR) is 108 cm³/mol. The number of hydrogen-bond acceptors (Lipinski definition) is 0. The molecule has 0 radical (unpaired) electrons. The van der Waals surface area contributed by atoms with Crippen LogP contribution in [0.3, 0.4) is 0 Å². The predicted octanol–water partition coefficient (Wildman–Crippen LogP) is 2.37. The molecule has 0 saturated heterocycles. The van der Waals surface area contributed by atoms with E-state index < -0.39 is 0 Å². The monoisotopic (exact) mass is 367 g/mol. The summed E-state index contributed by atoms with van der Waals surface area (Å²) >= 11 is 0. The van der Waals surface area contributed by atoms with E-state index in [1.54, 1.807) is 5.56 Å². The second kappa shape index (κ2) is 16.9. The van der Waals surface area contributed by atoms with Gasteiger partial charge in [-0.15, -0.1) is 0 Å². The molecule has 0 amide bonds. The van der Waals surface area contributed by atoms with Crippen LogP contribution in [0.1, 0.15) is 89.2 Å². The maximum Gasteiger partial charge on any atom is 0.0770 e. The van der Waals surface area contributed by atoms with Crippen molar-refractivity contribution in [2.45, 2.75) is 91.4 Å². The molecular weight excluding hydrogens is 326 g/mol. The van der Waals surface area contributed by atoms with Crippen LogP contribution in [0.4, 0.5) is 0 Å². The molecule has 0 fully saturated rings. The normalized spacial score (nSPS) is 10.9. The van der Waals surface area contributed by atoms with Crippen LogP contribution in [0, 0.1) is 6.92 Å². The lowest BCUT2D eigenvalue weighted by molar-refractivity contribution is -0.900. The van der Waals surface area contributed by atoms with Gasteiger partial charge in [0.15, 0.2) is 0 Å². The number of hydrogen-bond donors (Lipinski definition) is 1. The first-order chi connectivity index (χ1) is 11.8. The Bertz CT molecular complexity index is 399. The zero-order valence-electron chi connectivity index (χ0n) is 17.1. The third kappa shape index (κ3) is 12.5. The minimum Gasteiger partial charge on any atom is -1.00 e. The molecule has 1 nitrogen and oxygen atoms in total. The van der Waals surface area contributed by atoms with Crippen molar-refractivity contribution in [1.82, 2.24) is 0 Å². The summed E-state index contributed by atoms with van der Waals surface area (Å²) in [6.07, 6.45) is 15.3. The molecule has 0 saturated carbocycles. The Morgan fingerprint density at radius 3 is 1.76 bits per heavy atom. The Morgan fingerprint density at radius 2 is 1.20 bits per heavy atom. The van der Waals surface area contributed by atoms with Gasteiger partial charge in [0.2, 0.25) is 0 Å². The highest BCUT2D eigenvalue weighted by molar-refractivity contribution is 5.25. The summed E-state index contributed by atoms with van der Waals surface area (Å²) in [4.78, 5) is 1.83. The standard InChI is InChI=1S/C23H41N.ClH/c1-4-19-24(20-5-2)21-15-11-9-7-6-8-10-12-17-23-18-14-13-16-22(23)3;/h13-14,16,18H,4-12,15,17,19-21H2,1-3H3;1H. The van der Waals surface area contributed by atoms with E-state index in [1.807, 2.05) is 4.90 Å². The van der Waals surface area contributed by atoms with Crippen molar-refractivity contribution >= 4 is 0 Å². The van der Waals surface area contributed by atoms with Crippen LogP contribution in [0.25, 0.3) is 0 Å². The first-order valence-electron chi connectivity index (χ1n) is 10.7. The summed E-state index contributed by atoms with van der Waals surface area (Å²) in [5.41, 5.74) is 3.00. The van der Waals surface area contributed by atoms with E-state index in [2.05, 4.69) is 45.0 Å². The largest absolute Gasteiger partial charge is 1.00 e. The van der Waals surface area contributed by atoms with Crippen molar-refractivity contribution in [3.8, 4) is 0 Å². The molecule has 1 rings (SSSR count). The van der Waals surface area contributed by atoms with Gasteiger partial charge in [0.25, 0.3) is 0 Å². The summed E-state index contributed by atoms with van der Waals surface area (Å²) in [6.45, 7) is 11.0. The lowest BCUT2D eigenvalue weighted by Crippen LogP contribution is -3.12. The molecule has 25 heavy (non-hydrogen) atoms. The minimum atomic E-state index is 0. The number of aryl methyl sites for hydroxylation is 2. The van der Waals surface area contributed by atoms with Crippen molar-refractivity contribution < 1.29 is 17.3 Å². The number of rotatable bonds is 15. The second-order valence-electron chi connectivity index (χ2n) is 7.50. The first kappa shape index (κ1) is 24.5. The lowest BCUT2D eigenvalue weighted by atomic mass is 10.0. The molecule has 0 aliphatic heterocycles. The van der Waals surface area contributed by atoms with E-state index in [-0.39, 0.29) is 12.4 Å². The zero-order valence-corrected chi connectivity index (χ0v) is 17.8. The van der Waals surface area contributed by atoms with Crippen LogP contribution in [-0.4, -0.2) is 19.6 Å². The Balaban J connectivity index is 0.00000576. The number of benzene rings is 1. The molecule has 0 atom stereocenters. The fourth-order valence-corrected chi connectivity index (χ4v) is 3.72. The highest BCUT2D eigenvalue weighted by Gasteiger charge is 2.04. The topological polar surface area (TPSA) is 4.44 Å². The van der Waals surface area contributed by atoms with Crippen molar-refractivity contribution in [1.29, 1.82) is 0 Å². The van der Waals surface area contributed by atoms with Crippen molar-refractivity contribution in [3.05, 3.63) is 35.4 Å². The van der Waals surface area contributed by atoms with Gasteiger partial charge in [-0.2, -0.15) is 0 Å². The Hall–Kier alpha value is -0.530. The Labute approximate surface area is 164 Å². The molecule has 1 aromatic carbocycles. The fourth-order valence-electron chi connectivity index (χ4n) is 3.72. The van der Waals surface area contributed by atoms with Crippen LogP contribution in [0.15, 0.2) is 24.3 Å². The molecule has 0 spiro atoms. The van der Waals surface area contributed by atoms with Gasteiger partial charge < -0.3 is 17.3 Å². The SMILES string of the molecule is CCC[NH+](CCC)CCCCCCCCCCc1ccccc1C.[Cl-]. The summed E-state index contributed by atoms with van der Waals surface area (Å²) < 4.78 is 0. The molecule has 0 heterocycles. The van der Waals surface area contributed by atoms with Gasteiger partial charge >= 0.3 is 0 Å². The molecule has 0 bridgehead atoms.